The van der Waals surface area contributed by atoms with E-state index in [1.165, 1.54) is 25.9 Å². The normalized spacial score (nSPS) is 61.0. The predicted molar refractivity (Wildman–Crippen MR) is 49.7 cm³/mol. The van der Waals surface area contributed by atoms with E-state index in [0.29, 0.717) is 0 Å². The predicted octanol–water partition coefficient (Wildman–Crippen LogP) is 2.02. The fourth-order valence-corrected chi connectivity index (χ4v) is 3.62. The molecule has 0 aromatic carbocycles. The average Bonchev–Trinajstić information content (AvgIpc) is 2.63. The lowest BCUT2D eigenvalue weighted by Gasteiger charge is -2.33. The third-order valence-corrected chi connectivity index (χ3v) is 4.91. The molecule has 0 aromatic rings. The Balaban J connectivity index is 1.69. The molecular formula is C11H20N+. The van der Waals surface area contributed by atoms with Crippen molar-refractivity contribution in [2.45, 2.75) is 45.2 Å². The van der Waals surface area contributed by atoms with Gasteiger partial charge in [-0.25, -0.2) is 0 Å². The molecule has 0 radical (unpaired) electrons. The van der Waals surface area contributed by atoms with E-state index in [-0.39, 0.29) is 0 Å². The maximum Gasteiger partial charge on any atom is 0.200 e. The fourth-order valence-electron chi connectivity index (χ4n) is 3.62. The van der Waals surface area contributed by atoms with Crippen LogP contribution in [0.5, 0.6) is 0 Å². The molecule has 0 unspecified atom stereocenters. The summed E-state index contributed by atoms with van der Waals surface area (Å²) in [6, 6.07) is 1.09. The van der Waals surface area contributed by atoms with Gasteiger partial charge in [0, 0.05) is 18.8 Å². The standard InChI is InChI=1S/C11H20N/c1-8(2)11-6-12(11,7-11)10-4-9(3)5-10/h8-10H,4-7H2,1-3H3/q+1. The second-order valence-corrected chi connectivity index (χ2v) is 5.84. The first-order valence-electron chi connectivity index (χ1n) is 5.48. The zero-order valence-corrected chi connectivity index (χ0v) is 8.51. The topological polar surface area (TPSA) is 0 Å². The Bertz CT molecular complexity index is 219. The lowest BCUT2D eigenvalue weighted by Crippen LogP contribution is -2.39. The SMILES string of the molecule is CC1CC([N+]23CC2(C(C)C)C3)C1. The fraction of sp³-hybridized carbons (Fsp3) is 1.00. The van der Waals surface area contributed by atoms with Crippen LogP contribution in [-0.2, 0) is 0 Å². The Morgan fingerprint density at radius 2 is 1.83 bits per heavy atom. The van der Waals surface area contributed by atoms with Gasteiger partial charge in [0.25, 0.3) is 0 Å². The Hall–Kier alpha value is -0.0400. The van der Waals surface area contributed by atoms with Crippen LogP contribution in [0, 0.1) is 11.8 Å². The van der Waals surface area contributed by atoms with Crippen molar-refractivity contribution in [1.82, 2.24) is 0 Å². The minimum Gasteiger partial charge on any atom is -0.296 e. The van der Waals surface area contributed by atoms with Gasteiger partial charge in [-0.1, -0.05) is 20.8 Å². The molecule has 3 rings (SSSR count). The molecule has 12 heavy (non-hydrogen) atoms. The highest BCUT2D eigenvalue weighted by molar-refractivity contribution is 5.14. The van der Waals surface area contributed by atoms with Crippen LogP contribution in [0.4, 0.5) is 0 Å². The molecule has 0 amide bonds. The van der Waals surface area contributed by atoms with Gasteiger partial charge in [-0.3, -0.25) is 4.48 Å². The number of rotatable bonds is 2. The summed E-state index contributed by atoms with van der Waals surface area (Å²) in [7, 11) is 0. The van der Waals surface area contributed by atoms with Crippen LogP contribution in [0.15, 0.2) is 0 Å². The van der Waals surface area contributed by atoms with E-state index in [4.69, 9.17) is 0 Å². The Morgan fingerprint density at radius 1 is 1.25 bits per heavy atom. The van der Waals surface area contributed by atoms with Crippen molar-refractivity contribution in [3.05, 3.63) is 0 Å². The summed E-state index contributed by atoms with van der Waals surface area (Å²) in [5.74, 6) is 1.97. The van der Waals surface area contributed by atoms with Gasteiger partial charge in [0.2, 0.25) is 5.54 Å². The molecule has 2 heterocycles. The molecule has 2 saturated heterocycles. The highest BCUT2D eigenvalue weighted by Crippen LogP contribution is 2.68. The van der Waals surface area contributed by atoms with Crippen LogP contribution in [-0.4, -0.2) is 29.2 Å². The third-order valence-electron chi connectivity index (χ3n) is 4.91. The molecule has 1 aliphatic carbocycles. The first-order chi connectivity index (χ1) is 5.61. The highest BCUT2D eigenvalue weighted by Gasteiger charge is 2.91. The quantitative estimate of drug-likeness (QED) is 0.435. The summed E-state index contributed by atoms with van der Waals surface area (Å²) < 4.78 is 1.55. The molecule has 0 bridgehead atoms. The van der Waals surface area contributed by atoms with Crippen molar-refractivity contribution in [1.29, 1.82) is 0 Å². The molecule has 1 heteroatoms. The van der Waals surface area contributed by atoms with E-state index in [0.717, 1.165) is 23.4 Å². The maximum atomic E-state index is 2.41. The van der Waals surface area contributed by atoms with Crippen LogP contribution in [0.2, 0.25) is 0 Å². The Labute approximate surface area is 75.3 Å². The first kappa shape index (κ1) is 7.37. The number of quaternary nitrogens is 1. The first-order valence-corrected chi connectivity index (χ1v) is 5.48. The van der Waals surface area contributed by atoms with Gasteiger partial charge in [-0.05, 0) is 5.92 Å². The second-order valence-electron chi connectivity index (χ2n) is 5.84. The molecule has 0 atom stereocenters. The van der Waals surface area contributed by atoms with Gasteiger partial charge < -0.3 is 0 Å². The molecule has 1 nitrogen and oxygen atoms in total. The van der Waals surface area contributed by atoms with E-state index in [1.807, 2.05) is 0 Å². The molecule has 0 aromatic heterocycles. The van der Waals surface area contributed by atoms with Crippen LogP contribution in [0.25, 0.3) is 0 Å². The zero-order chi connectivity index (χ0) is 8.56. The largest absolute Gasteiger partial charge is 0.296 e. The molecule has 68 valence electrons. The molecule has 2 aliphatic heterocycles. The van der Waals surface area contributed by atoms with Gasteiger partial charge >= 0.3 is 0 Å². The molecule has 3 aliphatic rings. The van der Waals surface area contributed by atoms with Crippen LogP contribution in [0.3, 0.4) is 0 Å². The van der Waals surface area contributed by atoms with E-state index in [2.05, 4.69) is 20.8 Å². The minimum atomic E-state index is 0.810. The van der Waals surface area contributed by atoms with E-state index in [1.54, 1.807) is 4.48 Å². The summed E-state index contributed by atoms with van der Waals surface area (Å²) in [4.78, 5) is 0. The van der Waals surface area contributed by atoms with Crippen molar-refractivity contribution in [2.75, 3.05) is 13.1 Å². The Morgan fingerprint density at radius 3 is 2.17 bits per heavy atom. The van der Waals surface area contributed by atoms with Crippen LogP contribution < -0.4 is 0 Å². The molecule has 0 N–H and O–H groups in total. The van der Waals surface area contributed by atoms with Gasteiger partial charge in [0.15, 0.2) is 0 Å². The van der Waals surface area contributed by atoms with Crippen LogP contribution >= 0.6 is 0 Å². The van der Waals surface area contributed by atoms with Crippen LogP contribution in [0.1, 0.15) is 33.6 Å². The summed E-state index contributed by atoms with van der Waals surface area (Å²) in [6.07, 6.45) is 3.04. The van der Waals surface area contributed by atoms with Crippen molar-refractivity contribution in [3.63, 3.8) is 0 Å². The highest BCUT2D eigenvalue weighted by atomic mass is 15.7. The monoisotopic (exact) mass is 166 g/mol. The van der Waals surface area contributed by atoms with E-state index in [9.17, 15) is 0 Å². The Kier molecular flexibility index (Phi) is 1.07. The molecule has 3 fully saturated rings. The van der Waals surface area contributed by atoms with Crippen molar-refractivity contribution in [3.8, 4) is 0 Å². The zero-order valence-electron chi connectivity index (χ0n) is 8.51. The van der Waals surface area contributed by atoms with Crippen molar-refractivity contribution in [2.24, 2.45) is 11.8 Å². The lowest BCUT2D eigenvalue weighted by atomic mass is 9.81. The van der Waals surface area contributed by atoms with Gasteiger partial charge in [0.1, 0.15) is 13.1 Å². The van der Waals surface area contributed by atoms with Crippen molar-refractivity contribution >= 4 is 0 Å². The maximum absolute atomic E-state index is 2.41. The summed E-state index contributed by atoms with van der Waals surface area (Å²) in [6.45, 7) is 10.3. The number of hydrogen-bond acceptors (Lipinski definition) is 0. The van der Waals surface area contributed by atoms with Crippen molar-refractivity contribution < 1.29 is 4.48 Å². The summed E-state index contributed by atoms with van der Waals surface area (Å²) in [5.41, 5.74) is 0.810. The second kappa shape index (κ2) is 1.75. The summed E-state index contributed by atoms with van der Waals surface area (Å²) >= 11 is 0. The van der Waals surface area contributed by atoms with Gasteiger partial charge in [-0.2, -0.15) is 0 Å². The van der Waals surface area contributed by atoms with Gasteiger partial charge in [0.05, 0.1) is 6.04 Å². The van der Waals surface area contributed by atoms with E-state index >= 15 is 0 Å². The smallest absolute Gasteiger partial charge is 0.200 e. The lowest BCUT2D eigenvalue weighted by molar-refractivity contribution is -0.752. The minimum absolute atomic E-state index is 0.810. The molecular weight excluding hydrogens is 146 g/mol. The number of hydrogen-bond donors (Lipinski definition) is 0. The number of nitrogens with zero attached hydrogens (tertiary/aromatic N) is 1. The third kappa shape index (κ3) is 0.585. The summed E-state index contributed by atoms with van der Waals surface area (Å²) in [5, 5.41) is 0. The van der Waals surface area contributed by atoms with Gasteiger partial charge in [-0.15, -0.1) is 0 Å². The average molecular weight is 166 g/mol. The van der Waals surface area contributed by atoms with E-state index < -0.39 is 0 Å². The molecule has 0 spiro atoms. The number of fused-ring (bicyclic) bond motifs is 1. The molecule has 1 saturated carbocycles.